The van der Waals surface area contributed by atoms with Crippen LogP contribution in [0.2, 0.25) is 0 Å². The minimum Gasteiger partial charge on any atom is -0.459 e. The molecule has 0 radical (unpaired) electrons. The highest BCUT2D eigenvalue weighted by molar-refractivity contribution is 6.01. The summed E-state index contributed by atoms with van der Waals surface area (Å²) in [5, 5.41) is 0. The predicted octanol–water partition coefficient (Wildman–Crippen LogP) is 11.7. The normalized spacial score (nSPS) is 38.7. The summed E-state index contributed by atoms with van der Waals surface area (Å²) in [6, 6.07) is 0. The van der Waals surface area contributed by atoms with Crippen LogP contribution < -0.4 is 0 Å². The maximum Gasteiger partial charge on any atom is 0.335 e. The Hall–Kier alpha value is -1.32. The first-order valence-electron chi connectivity index (χ1n) is 20.7. The summed E-state index contributed by atoms with van der Waals surface area (Å²) >= 11 is 0. The summed E-state index contributed by atoms with van der Waals surface area (Å²) in [7, 11) is 0. The molecule has 0 heterocycles. The lowest BCUT2D eigenvalue weighted by Gasteiger charge is -2.44. The lowest BCUT2D eigenvalue weighted by atomic mass is 9.62. The van der Waals surface area contributed by atoms with E-state index in [9.17, 15) is 0 Å². The molecule has 0 bridgehead atoms. The van der Waals surface area contributed by atoms with E-state index >= 15 is 9.59 Å². The first-order chi connectivity index (χ1) is 22.6. The third kappa shape index (κ3) is 9.51. The Morgan fingerprint density at radius 3 is 0.979 bits per heavy atom. The quantitative estimate of drug-likeness (QED) is 0.172. The van der Waals surface area contributed by atoms with Crippen LogP contribution in [0.5, 0.6) is 0 Å². The van der Waals surface area contributed by atoms with Gasteiger partial charge < -0.3 is 9.47 Å². The average molecular weight is 669 g/mol. The molecule has 0 spiro atoms. The van der Waals surface area contributed by atoms with E-state index in [1.807, 2.05) is 0 Å². The highest BCUT2D eigenvalue weighted by atomic mass is 16.6. The van der Waals surface area contributed by atoms with Gasteiger partial charge in [-0.1, -0.05) is 109 Å². The van der Waals surface area contributed by atoms with Gasteiger partial charge in [-0.25, -0.2) is 9.59 Å². The van der Waals surface area contributed by atoms with Crippen molar-refractivity contribution in [2.24, 2.45) is 82.9 Å². The van der Waals surface area contributed by atoms with Crippen LogP contribution in [0.1, 0.15) is 160 Å². The van der Waals surface area contributed by atoms with Gasteiger partial charge >= 0.3 is 11.9 Å². The summed E-state index contributed by atoms with van der Waals surface area (Å²) in [5.74, 6) is 4.99. The molecule has 4 rings (SSSR count). The van der Waals surface area contributed by atoms with Crippen molar-refractivity contribution in [1.29, 1.82) is 0 Å². The Kier molecular flexibility index (Phi) is 14.2. The number of ether oxygens (including phenoxy) is 2. The monoisotopic (exact) mass is 669 g/mol. The fraction of sp³-hybridized carbons (Fsp3) is 0.909. The van der Waals surface area contributed by atoms with Gasteiger partial charge in [0, 0.05) is 0 Å². The number of carbonyl (C=O) groups is 2. The molecule has 4 aliphatic carbocycles. The van der Waals surface area contributed by atoms with Crippen LogP contribution in [-0.4, -0.2) is 24.1 Å². The van der Waals surface area contributed by atoms with Gasteiger partial charge in [0.15, 0.2) is 0 Å². The third-order valence-electron chi connectivity index (χ3n) is 14.0. The second-order valence-electron chi connectivity index (χ2n) is 19.2. The van der Waals surface area contributed by atoms with Crippen molar-refractivity contribution >= 4 is 11.9 Å². The SMILES string of the molecule is CC1CCC(C(C)C)C(OC(=O)/C(=C(/C(=O)OC2CC(C)CCC2C(C)C)C2CC(C)CCC2C(C)C)C2CC(C)CCC2C(C)C)C1. The third-order valence-corrected chi connectivity index (χ3v) is 14.0. The molecule has 0 amide bonds. The zero-order valence-electron chi connectivity index (χ0n) is 33.4. The molecule has 0 aromatic rings. The van der Waals surface area contributed by atoms with Crippen molar-refractivity contribution in [3.63, 3.8) is 0 Å². The van der Waals surface area contributed by atoms with Crippen molar-refractivity contribution in [3.8, 4) is 0 Å². The lowest BCUT2D eigenvalue weighted by Crippen LogP contribution is -2.42. The molecule has 0 aromatic carbocycles. The Balaban J connectivity index is 1.91. The number of esters is 2. The van der Waals surface area contributed by atoms with Crippen molar-refractivity contribution < 1.29 is 19.1 Å². The Labute approximate surface area is 296 Å². The highest BCUT2D eigenvalue weighted by Gasteiger charge is 2.46. The maximum absolute atomic E-state index is 15.2. The zero-order valence-corrected chi connectivity index (χ0v) is 33.4. The summed E-state index contributed by atoms with van der Waals surface area (Å²) in [5.41, 5.74) is 1.47. The van der Waals surface area contributed by atoms with Crippen LogP contribution in [0.15, 0.2) is 11.1 Å². The smallest absolute Gasteiger partial charge is 0.335 e. The van der Waals surface area contributed by atoms with Crippen LogP contribution in [0.25, 0.3) is 0 Å². The van der Waals surface area contributed by atoms with Crippen molar-refractivity contribution in [1.82, 2.24) is 0 Å². The van der Waals surface area contributed by atoms with E-state index in [0.29, 0.717) is 71.0 Å². The molecule has 12 atom stereocenters. The maximum atomic E-state index is 15.2. The molecule has 4 aliphatic rings. The molecule has 12 unspecified atom stereocenters. The lowest BCUT2D eigenvalue weighted by molar-refractivity contribution is -0.156. The fourth-order valence-electron chi connectivity index (χ4n) is 10.9. The van der Waals surface area contributed by atoms with E-state index in [1.165, 1.54) is 25.7 Å². The summed E-state index contributed by atoms with van der Waals surface area (Å²) < 4.78 is 13.6. The number of rotatable bonds is 10. The van der Waals surface area contributed by atoms with Crippen molar-refractivity contribution in [2.75, 3.05) is 0 Å². The van der Waals surface area contributed by atoms with E-state index in [-0.39, 0.29) is 36.0 Å². The molecule has 276 valence electrons. The Morgan fingerprint density at radius 1 is 0.417 bits per heavy atom. The van der Waals surface area contributed by atoms with Gasteiger partial charge in [0.05, 0.1) is 11.1 Å². The summed E-state index contributed by atoms with van der Waals surface area (Å²) in [6.07, 6.45) is 12.7. The van der Waals surface area contributed by atoms with Crippen LogP contribution in [0.4, 0.5) is 0 Å². The van der Waals surface area contributed by atoms with E-state index in [0.717, 1.165) is 62.5 Å². The molecule has 4 fully saturated rings. The van der Waals surface area contributed by atoms with Gasteiger partial charge in [0.2, 0.25) is 0 Å². The summed E-state index contributed by atoms with van der Waals surface area (Å²) in [4.78, 5) is 30.5. The largest absolute Gasteiger partial charge is 0.459 e. The minimum atomic E-state index is -0.186. The van der Waals surface area contributed by atoms with E-state index < -0.39 is 0 Å². The molecular weight excluding hydrogens is 592 g/mol. The first-order valence-corrected chi connectivity index (χ1v) is 20.7. The number of carbonyl (C=O) groups excluding carboxylic acids is 2. The number of hydrogen-bond acceptors (Lipinski definition) is 4. The second kappa shape index (κ2) is 17.3. The molecule has 0 aromatic heterocycles. The van der Waals surface area contributed by atoms with Gasteiger partial charge in [-0.05, 0) is 134 Å². The van der Waals surface area contributed by atoms with Crippen molar-refractivity contribution in [2.45, 2.75) is 172 Å². The highest BCUT2D eigenvalue weighted by Crippen LogP contribution is 2.49. The Bertz CT molecular complexity index is 1000. The molecule has 4 nitrogen and oxygen atoms in total. The Morgan fingerprint density at radius 2 is 0.688 bits per heavy atom. The zero-order chi connectivity index (χ0) is 35.4. The summed E-state index contributed by atoms with van der Waals surface area (Å²) in [6.45, 7) is 27.7. The molecule has 0 saturated heterocycles. The van der Waals surface area contributed by atoms with Gasteiger partial charge in [0.1, 0.15) is 12.2 Å². The van der Waals surface area contributed by atoms with Gasteiger partial charge in [-0.2, -0.15) is 0 Å². The van der Waals surface area contributed by atoms with Crippen LogP contribution >= 0.6 is 0 Å². The second-order valence-corrected chi connectivity index (χ2v) is 19.2. The molecule has 0 N–H and O–H groups in total. The van der Waals surface area contributed by atoms with Gasteiger partial charge in [-0.15, -0.1) is 0 Å². The molecular formula is C44H76O4. The fourth-order valence-corrected chi connectivity index (χ4v) is 10.9. The van der Waals surface area contributed by atoms with E-state index in [4.69, 9.17) is 9.47 Å². The molecule has 0 aliphatic heterocycles. The van der Waals surface area contributed by atoms with Crippen molar-refractivity contribution in [3.05, 3.63) is 11.1 Å². The minimum absolute atomic E-state index is 0.0264. The van der Waals surface area contributed by atoms with E-state index in [2.05, 4.69) is 83.1 Å². The van der Waals surface area contributed by atoms with Crippen LogP contribution in [-0.2, 0) is 19.1 Å². The first kappa shape index (κ1) is 39.5. The number of hydrogen-bond donors (Lipinski definition) is 0. The van der Waals surface area contributed by atoms with Crippen LogP contribution in [0.3, 0.4) is 0 Å². The van der Waals surface area contributed by atoms with E-state index in [1.54, 1.807) is 0 Å². The molecule has 4 heteroatoms. The van der Waals surface area contributed by atoms with Gasteiger partial charge in [-0.3, -0.25) is 0 Å². The average Bonchev–Trinajstić information content (AvgIpc) is 2.99. The van der Waals surface area contributed by atoms with Gasteiger partial charge in [0.25, 0.3) is 0 Å². The predicted molar refractivity (Wildman–Crippen MR) is 199 cm³/mol. The molecule has 48 heavy (non-hydrogen) atoms. The van der Waals surface area contributed by atoms with Crippen LogP contribution in [0, 0.1) is 82.9 Å². The standard InChI is InChI=1S/C44H76O4/c1-25(2)33-17-13-29(9)21-37(33)41(43(45)47-39-23-31(11)15-19-35(39)27(5)6)42(38-22-30(10)14-18-34(38)26(3)4)44(46)48-40-24-32(12)16-20-36(40)28(7)8/h25-40H,13-24H2,1-12H3/b42-41+. The topological polar surface area (TPSA) is 52.6 Å². The molecule has 4 saturated carbocycles.